The van der Waals surface area contributed by atoms with Gasteiger partial charge in [0.15, 0.2) is 0 Å². The molecule has 0 aliphatic heterocycles. The van der Waals surface area contributed by atoms with Crippen molar-refractivity contribution >= 4 is 18.2 Å². The van der Waals surface area contributed by atoms with Crippen LogP contribution in [0.2, 0.25) is 0 Å². The van der Waals surface area contributed by atoms with Crippen molar-refractivity contribution in [3.8, 4) is 0 Å². The summed E-state index contributed by atoms with van der Waals surface area (Å²) in [6.07, 6.45) is 51.9. The minimum absolute atomic E-state index is 0.0399. The molecule has 0 rings (SSSR count). The maximum absolute atomic E-state index is 12.9. The third kappa shape index (κ3) is 42.2. The highest BCUT2D eigenvalue weighted by Gasteiger charge is 2.22. The lowest BCUT2D eigenvalue weighted by Crippen LogP contribution is -2.28. The lowest BCUT2D eigenvalue weighted by Gasteiger charge is -2.21. The Hall–Kier alpha value is -1.39. The zero-order valence-corrected chi connectivity index (χ0v) is 38.1. The number of hydrogen-bond donors (Lipinski definition) is 0. The Morgan fingerprint density at radius 1 is 0.393 bits per heavy atom. The van der Waals surface area contributed by atoms with Crippen LogP contribution >= 0.6 is 0 Å². The summed E-state index contributed by atoms with van der Waals surface area (Å²) >= 11 is 0. The number of unbranched alkanes of at least 4 members (excludes halogenated alkanes) is 35. The van der Waals surface area contributed by atoms with Crippen molar-refractivity contribution < 1.29 is 23.9 Å². The van der Waals surface area contributed by atoms with Gasteiger partial charge in [-0.05, 0) is 25.7 Å². The quantitative estimate of drug-likeness (QED) is 0.0454. The summed E-state index contributed by atoms with van der Waals surface area (Å²) in [5, 5.41) is 0. The molecule has 56 heavy (non-hydrogen) atoms. The van der Waals surface area contributed by atoms with Crippen molar-refractivity contribution in [1.82, 2.24) is 0 Å². The van der Waals surface area contributed by atoms with Crippen molar-refractivity contribution in [3.05, 3.63) is 0 Å². The van der Waals surface area contributed by atoms with Gasteiger partial charge in [-0.25, -0.2) is 0 Å². The fourth-order valence-corrected chi connectivity index (χ4v) is 8.00. The van der Waals surface area contributed by atoms with E-state index in [1.165, 1.54) is 199 Å². The number of hydrogen-bond acceptors (Lipinski definition) is 5. The van der Waals surface area contributed by atoms with E-state index in [0.29, 0.717) is 19.3 Å². The van der Waals surface area contributed by atoms with Crippen molar-refractivity contribution in [2.24, 2.45) is 5.92 Å². The smallest absolute Gasteiger partial charge is 0.306 e. The number of carbonyl (C=O) groups excluding carboxylic acids is 3. The van der Waals surface area contributed by atoms with Crippen LogP contribution in [0, 0.1) is 5.92 Å². The van der Waals surface area contributed by atoms with E-state index in [0.717, 1.165) is 51.4 Å². The third-order valence-corrected chi connectivity index (χ3v) is 11.8. The fourth-order valence-electron chi connectivity index (χ4n) is 8.00. The van der Waals surface area contributed by atoms with Gasteiger partial charge in [0.05, 0.1) is 0 Å². The maximum Gasteiger partial charge on any atom is 0.306 e. The van der Waals surface area contributed by atoms with E-state index in [1.54, 1.807) is 0 Å². The van der Waals surface area contributed by atoms with Crippen molar-refractivity contribution in [2.45, 2.75) is 297 Å². The number of rotatable bonds is 47. The Morgan fingerprint density at radius 2 is 0.679 bits per heavy atom. The molecule has 1 unspecified atom stereocenters. The Balaban J connectivity index is 4.43. The average molecular weight is 790 g/mol. The van der Waals surface area contributed by atoms with Crippen LogP contribution in [-0.2, 0) is 23.9 Å². The zero-order chi connectivity index (χ0) is 40.8. The van der Waals surface area contributed by atoms with Crippen LogP contribution in [0.5, 0.6) is 0 Å². The monoisotopic (exact) mass is 790 g/mol. The molecule has 0 spiro atoms. The highest BCUT2D eigenvalue weighted by atomic mass is 16.6. The van der Waals surface area contributed by atoms with E-state index in [-0.39, 0.29) is 24.5 Å². The van der Waals surface area contributed by atoms with Gasteiger partial charge in [-0.1, -0.05) is 252 Å². The van der Waals surface area contributed by atoms with E-state index in [1.807, 2.05) is 0 Å². The molecular formula is C51H97O5. The van der Waals surface area contributed by atoms with E-state index in [9.17, 15) is 14.4 Å². The maximum atomic E-state index is 12.9. The molecule has 0 aromatic rings. The number of esters is 2. The van der Waals surface area contributed by atoms with Gasteiger partial charge in [0.25, 0.3) is 0 Å². The molecule has 0 aromatic heterocycles. The molecule has 0 amide bonds. The van der Waals surface area contributed by atoms with Crippen LogP contribution in [0.15, 0.2) is 0 Å². The Kier molecular flexibility index (Phi) is 45.2. The van der Waals surface area contributed by atoms with Crippen LogP contribution in [0.1, 0.15) is 290 Å². The minimum Gasteiger partial charge on any atom is -0.462 e. The van der Waals surface area contributed by atoms with Crippen LogP contribution in [-0.4, -0.2) is 30.9 Å². The minimum atomic E-state index is -0.580. The molecule has 0 aromatic carbocycles. The van der Waals surface area contributed by atoms with Crippen LogP contribution in [0.25, 0.3) is 0 Å². The zero-order valence-electron chi connectivity index (χ0n) is 38.1. The van der Waals surface area contributed by atoms with Gasteiger partial charge in [-0.15, -0.1) is 0 Å². The van der Waals surface area contributed by atoms with Crippen LogP contribution in [0.3, 0.4) is 0 Å². The highest BCUT2D eigenvalue weighted by Crippen LogP contribution is 2.20. The third-order valence-electron chi connectivity index (χ3n) is 11.8. The molecule has 5 heteroatoms. The van der Waals surface area contributed by atoms with Gasteiger partial charge in [-0.3, -0.25) is 14.4 Å². The van der Waals surface area contributed by atoms with Crippen molar-refractivity contribution in [1.29, 1.82) is 0 Å². The second kappa shape index (κ2) is 46.3. The lowest BCUT2D eigenvalue weighted by molar-refractivity contribution is -0.160. The summed E-state index contributed by atoms with van der Waals surface area (Å²) < 4.78 is 11.5. The summed E-state index contributed by atoms with van der Waals surface area (Å²) in [6, 6.07) is 0. The highest BCUT2D eigenvalue weighted by molar-refractivity contribution is 5.70. The summed E-state index contributed by atoms with van der Waals surface area (Å²) in [6.45, 7) is 6.85. The molecule has 331 valence electrons. The van der Waals surface area contributed by atoms with E-state index < -0.39 is 6.10 Å². The van der Waals surface area contributed by atoms with E-state index in [4.69, 9.17) is 9.47 Å². The predicted octanol–water partition coefficient (Wildman–Crippen LogP) is 16.6. The predicted molar refractivity (Wildman–Crippen MR) is 241 cm³/mol. The summed E-state index contributed by atoms with van der Waals surface area (Å²) in [4.78, 5) is 37.5. The first kappa shape index (κ1) is 54.6. The first-order valence-corrected chi connectivity index (χ1v) is 25.3. The molecule has 0 bridgehead atoms. The van der Waals surface area contributed by atoms with Gasteiger partial charge in [0.1, 0.15) is 12.7 Å². The number of carbonyl (C=O) groups is 2. The molecule has 0 saturated heterocycles. The van der Waals surface area contributed by atoms with Crippen molar-refractivity contribution in [3.63, 3.8) is 0 Å². The fraction of sp³-hybridized carbons (Fsp3) is 0.941. The van der Waals surface area contributed by atoms with Crippen molar-refractivity contribution in [2.75, 3.05) is 6.61 Å². The molecule has 1 radical (unpaired) electrons. The van der Waals surface area contributed by atoms with Gasteiger partial charge in [-0.2, -0.15) is 0 Å². The molecule has 0 fully saturated rings. The molecule has 0 saturated carbocycles. The van der Waals surface area contributed by atoms with E-state index in [2.05, 4.69) is 27.1 Å². The molecule has 5 nitrogen and oxygen atoms in total. The largest absolute Gasteiger partial charge is 0.462 e. The van der Waals surface area contributed by atoms with Gasteiger partial charge in [0, 0.05) is 18.8 Å². The summed E-state index contributed by atoms with van der Waals surface area (Å²) in [7, 11) is 0. The SMILES string of the molecule is CCCCCCCCCCCCCCCC(=O)OCC(C[C@@H]([C]=O)CCCCCCCCCCCCCC)OC(=O)CCCCCCCCCCCCCCC. The second-order valence-corrected chi connectivity index (χ2v) is 17.5. The first-order valence-electron chi connectivity index (χ1n) is 25.3. The van der Waals surface area contributed by atoms with Gasteiger partial charge < -0.3 is 9.47 Å². The average Bonchev–Trinajstić information content (AvgIpc) is 3.20. The molecular weight excluding hydrogens is 693 g/mol. The standard InChI is InChI=1S/C51H97O5/c1-4-7-10-13-16-19-22-25-28-31-34-37-40-43-50(53)55-47-49(45-48(46-52)42-39-36-33-30-27-24-21-18-15-12-9-6-3)56-51(54)44-41-38-35-32-29-26-23-20-17-14-11-8-5-2/h48-49H,4-45,47H2,1-3H3/t48-,49?/m0/s1. The van der Waals surface area contributed by atoms with Crippen LogP contribution < -0.4 is 0 Å². The van der Waals surface area contributed by atoms with Gasteiger partial charge in [0.2, 0.25) is 6.29 Å². The first-order chi connectivity index (χ1) is 27.6. The van der Waals surface area contributed by atoms with E-state index >= 15 is 0 Å². The second-order valence-electron chi connectivity index (χ2n) is 17.5. The topological polar surface area (TPSA) is 69.7 Å². The Labute approximate surface area is 350 Å². The lowest BCUT2D eigenvalue weighted by atomic mass is 9.95. The number of ether oxygens (including phenoxy) is 2. The van der Waals surface area contributed by atoms with Crippen LogP contribution in [0.4, 0.5) is 0 Å². The normalized spacial score (nSPS) is 12.5. The van der Waals surface area contributed by atoms with Gasteiger partial charge >= 0.3 is 11.9 Å². The molecule has 0 aliphatic rings. The molecule has 0 heterocycles. The molecule has 2 atom stereocenters. The summed E-state index contributed by atoms with van der Waals surface area (Å²) in [5.41, 5.74) is 0. The Bertz CT molecular complexity index is 812. The Morgan fingerprint density at radius 3 is 1.00 bits per heavy atom. The summed E-state index contributed by atoms with van der Waals surface area (Å²) in [5.74, 6) is -0.758. The molecule has 0 N–H and O–H groups in total. The molecule has 0 aliphatic carbocycles.